The van der Waals surface area contributed by atoms with Crippen molar-refractivity contribution in [1.29, 1.82) is 0 Å². The van der Waals surface area contributed by atoms with Gasteiger partial charge in [-0.3, -0.25) is 4.79 Å². The fraction of sp³-hybridized carbons (Fsp3) is 0.381. The lowest BCUT2D eigenvalue weighted by Crippen LogP contribution is -2.23. The first-order chi connectivity index (χ1) is 13.6. The molecule has 0 radical (unpaired) electrons. The molecule has 2 N–H and O–H groups in total. The lowest BCUT2D eigenvalue weighted by atomic mass is 9.89. The Morgan fingerprint density at radius 1 is 1.39 bits per heavy atom. The summed E-state index contributed by atoms with van der Waals surface area (Å²) < 4.78 is 2.00. The van der Waals surface area contributed by atoms with E-state index in [0.29, 0.717) is 18.3 Å². The molecule has 0 amide bonds. The predicted octanol–water partition coefficient (Wildman–Crippen LogP) is 3.61. The van der Waals surface area contributed by atoms with Gasteiger partial charge in [0.25, 0.3) is 5.56 Å². The van der Waals surface area contributed by atoms with Crippen LogP contribution in [-0.2, 0) is 19.4 Å². The Balaban J connectivity index is 1.40. The molecule has 4 heterocycles. The van der Waals surface area contributed by atoms with Gasteiger partial charge in [0.1, 0.15) is 16.3 Å². The second-order valence-electron chi connectivity index (χ2n) is 7.78. The van der Waals surface area contributed by atoms with E-state index in [1.54, 1.807) is 11.3 Å². The number of hydrogen-bond acceptors (Lipinski definition) is 5. The number of pyridine rings is 1. The molecule has 0 saturated carbocycles. The molecule has 5 rings (SSSR count). The number of aromatic nitrogens is 4. The molecule has 7 heteroatoms. The van der Waals surface area contributed by atoms with Crippen LogP contribution in [0.25, 0.3) is 15.9 Å². The van der Waals surface area contributed by atoms with E-state index in [2.05, 4.69) is 22.2 Å². The van der Waals surface area contributed by atoms with E-state index in [-0.39, 0.29) is 11.6 Å². The highest BCUT2D eigenvalue weighted by atomic mass is 32.1. The maximum absolute atomic E-state index is 12.8. The largest absolute Gasteiger partial charge is 0.309 e. The van der Waals surface area contributed by atoms with Crippen LogP contribution in [0.3, 0.4) is 0 Å². The average molecular weight is 394 g/mol. The number of rotatable bonds is 4. The van der Waals surface area contributed by atoms with Crippen molar-refractivity contribution in [2.24, 2.45) is 5.92 Å². The van der Waals surface area contributed by atoms with Crippen LogP contribution >= 0.6 is 11.3 Å². The van der Waals surface area contributed by atoms with E-state index in [0.717, 1.165) is 40.8 Å². The van der Waals surface area contributed by atoms with Crippen LogP contribution in [0.1, 0.15) is 48.3 Å². The number of nitrogens with one attached hydrogen (secondary N) is 2. The van der Waals surface area contributed by atoms with Crippen molar-refractivity contribution >= 4 is 27.2 Å². The zero-order chi connectivity index (χ0) is 19.3. The molecule has 6 nitrogen and oxygen atoms in total. The highest BCUT2D eigenvalue weighted by Gasteiger charge is 2.23. The number of hydrogen-bond donors (Lipinski definition) is 2. The summed E-state index contributed by atoms with van der Waals surface area (Å²) in [4.78, 5) is 27.4. The van der Waals surface area contributed by atoms with Crippen LogP contribution < -0.4 is 10.9 Å². The van der Waals surface area contributed by atoms with Crippen molar-refractivity contribution in [1.82, 2.24) is 24.7 Å². The molecule has 28 heavy (non-hydrogen) atoms. The van der Waals surface area contributed by atoms with Gasteiger partial charge in [0.15, 0.2) is 0 Å². The van der Waals surface area contributed by atoms with Gasteiger partial charge in [0, 0.05) is 23.8 Å². The third-order valence-electron chi connectivity index (χ3n) is 5.60. The van der Waals surface area contributed by atoms with Gasteiger partial charge < -0.3 is 14.7 Å². The Hall–Kier alpha value is -2.51. The van der Waals surface area contributed by atoms with Crippen LogP contribution in [0, 0.1) is 5.92 Å². The Morgan fingerprint density at radius 3 is 3.14 bits per heavy atom. The lowest BCUT2D eigenvalue weighted by Gasteiger charge is -2.17. The molecule has 144 valence electrons. The molecule has 4 aromatic rings. The predicted molar refractivity (Wildman–Crippen MR) is 112 cm³/mol. The number of imidazole rings is 1. The zero-order valence-electron chi connectivity index (χ0n) is 16.0. The molecule has 4 aromatic heterocycles. The standard InChI is InChI=1S/C21H23N5OS/c1-12-6-7-15-16(9-12)28-21-18(15)20(27)24-19(25-21)13(2)22-10-14-11-26-8-4-3-5-17(26)23-14/h3-5,8,11-13,22H,6-7,9-10H2,1-2H3,(H,24,25,27)/t12-,13-/m1/s1. The van der Waals surface area contributed by atoms with Crippen LogP contribution in [0.15, 0.2) is 35.4 Å². The number of nitrogens with zero attached hydrogens (tertiary/aromatic N) is 3. The van der Waals surface area contributed by atoms with Gasteiger partial charge in [-0.05, 0) is 49.8 Å². The maximum Gasteiger partial charge on any atom is 0.259 e. The summed E-state index contributed by atoms with van der Waals surface area (Å²) >= 11 is 1.69. The van der Waals surface area contributed by atoms with Gasteiger partial charge in [0.2, 0.25) is 0 Å². The third kappa shape index (κ3) is 3.04. The van der Waals surface area contributed by atoms with Crippen LogP contribution in [0.2, 0.25) is 0 Å². The van der Waals surface area contributed by atoms with Crippen molar-refractivity contribution in [3.63, 3.8) is 0 Å². The number of H-pyrrole nitrogens is 1. The van der Waals surface area contributed by atoms with Gasteiger partial charge in [0.05, 0.1) is 17.1 Å². The minimum absolute atomic E-state index is 0.00608. The first-order valence-electron chi connectivity index (χ1n) is 9.79. The summed E-state index contributed by atoms with van der Waals surface area (Å²) in [5.74, 6) is 1.37. The van der Waals surface area contributed by atoms with Gasteiger partial charge in [-0.25, -0.2) is 9.97 Å². The minimum Gasteiger partial charge on any atom is -0.309 e. The molecule has 0 bridgehead atoms. The van der Waals surface area contributed by atoms with Gasteiger partial charge >= 0.3 is 0 Å². The first-order valence-corrected chi connectivity index (χ1v) is 10.6. The van der Waals surface area contributed by atoms with Crippen molar-refractivity contribution in [2.75, 3.05) is 0 Å². The number of aryl methyl sites for hydroxylation is 1. The van der Waals surface area contributed by atoms with Crippen molar-refractivity contribution in [2.45, 2.75) is 45.7 Å². The second kappa shape index (κ2) is 6.83. The maximum atomic E-state index is 12.8. The summed E-state index contributed by atoms with van der Waals surface area (Å²) in [6, 6.07) is 5.88. The van der Waals surface area contributed by atoms with Crippen LogP contribution in [0.5, 0.6) is 0 Å². The summed E-state index contributed by atoms with van der Waals surface area (Å²) in [5.41, 5.74) is 3.11. The summed E-state index contributed by atoms with van der Waals surface area (Å²) in [5, 5.41) is 4.24. The molecular weight excluding hydrogens is 370 g/mol. The fourth-order valence-electron chi connectivity index (χ4n) is 4.00. The van der Waals surface area contributed by atoms with Crippen molar-refractivity contribution in [3.8, 4) is 0 Å². The van der Waals surface area contributed by atoms with E-state index in [9.17, 15) is 4.79 Å². The highest BCUT2D eigenvalue weighted by Crippen LogP contribution is 2.35. The van der Waals surface area contributed by atoms with Gasteiger partial charge in [-0.2, -0.15) is 0 Å². The second-order valence-corrected chi connectivity index (χ2v) is 8.87. The quantitative estimate of drug-likeness (QED) is 0.555. The average Bonchev–Trinajstić information content (AvgIpc) is 3.26. The Labute approximate surface area is 166 Å². The Kier molecular flexibility index (Phi) is 4.29. The Bertz CT molecular complexity index is 1190. The lowest BCUT2D eigenvalue weighted by molar-refractivity contribution is 0.509. The fourth-order valence-corrected chi connectivity index (χ4v) is 5.39. The van der Waals surface area contributed by atoms with E-state index >= 15 is 0 Å². The molecule has 0 spiro atoms. The van der Waals surface area contributed by atoms with Crippen LogP contribution in [0.4, 0.5) is 0 Å². The van der Waals surface area contributed by atoms with Crippen molar-refractivity contribution < 1.29 is 0 Å². The van der Waals surface area contributed by atoms with Gasteiger partial charge in [-0.15, -0.1) is 11.3 Å². The molecule has 0 fully saturated rings. The summed E-state index contributed by atoms with van der Waals surface area (Å²) in [6.07, 6.45) is 7.21. The first kappa shape index (κ1) is 17.6. The molecule has 0 aliphatic heterocycles. The monoisotopic (exact) mass is 393 g/mol. The van der Waals surface area contributed by atoms with E-state index in [4.69, 9.17) is 4.98 Å². The zero-order valence-corrected chi connectivity index (χ0v) is 16.8. The minimum atomic E-state index is -0.0695. The molecule has 2 atom stereocenters. The SMILES string of the molecule is C[C@@H]1CCc2c(sc3nc([C@@H](C)NCc4cn5ccccc5n4)[nH]c(=O)c23)C1. The van der Waals surface area contributed by atoms with E-state index in [1.165, 1.54) is 10.4 Å². The molecule has 1 aliphatic rings. The topological polar surface area (TPSA) is 75.1 Å². The molecule has 0 unspecified atom stereocenters. The number of aromatic amines is 1. The third-order valence-corrected chi connectivity index (χ3v) is 6.75. The summed E-state index contributed by atoms with van der Waals surface area (Å²) in [6.45, 7) is 4.92. The molecule has 1 aliphatic carbocycles. The van der Waals surface area contributed by atoms with Crippen molar-refractivity contribution in [3.05, 3.63) is 62.9 Å². The molecule has 0 saturated heterocycles. The Morgan fingerprint density at radius 2 is 2.29 bits per heavy atom. The highest BCUT2D eigenvalue weighted by molar-refractivity contribution is 7.18. The summed E-state index contributed by atoms with van der Waals surface area (Å²) in [7, 11) is 0. The molecule has 0 aromatic carbocycles. The smallest absolute Gasteiger partial charge is 0.259 e. The number of fused-ring (bicyclic) bond motifs is 4. The van der Waals surface area contributed by atoms with E-state index < -0.39 is 0 Å². The number of thiophene rings is 1. The van der Waals surface area contributed by atoms with E-state index in [1.807, 2.05) is 41.9 Å². The van der Waals surface area contributed by atoms with Crippen LogP contribution in [-0.4, -0.2) is 19.4 Å². The normalized spacial score (nSPS) is 17.9. The molecular formula is C21H23N5OS. The van der Waals surface area contributed by atoms with Gasteiger partial charge in [-0.1, -0.05) is 13.0 Å².